The maximum absolute atomic E-state index is 12.6. The topological polar surface area (TPSA) is 296 Å². The molecule has 20 heteroatoms. The Kier molecular flexibility index (Phi) is 23.5. The van der Waals surface area contributed by atoms with E-state index in [0.717, 1.165) is 25.7 Å². The summed E-state index contributed by atoms with van der Waals surface area (Å²) < 4.78 is 80.2. The quantitative estimate of drug-likeness (QED) is 0.0365. The minimum absolute atomic E-state index is 0.130. The van der Waals surface area contributed by atoms with Crippen LogP contribution in [0.5, 0.6) is 0 Å². The molecule has 0 saturated carbocycles. The zero-order valence-electron chi connectivity index (χ0n) is 28.7. The molecule has 9 atom stereocenters. The number of hydrogen-bond acceptors (Lipinski definition) is 15. The zero-order valence-corrected chi connectivity index (χ0v) is 30.3. The lowest BCUT2D eigenvalue weighted by Gasteiger charge is -2.42. The lowest BCUT2D eigenvalue weighted by atomic mass is 9.98. The SMILES string of the molecule is CCCCCCCCCCCCCCCCCCNC(=O)[C@H](O)[C@@H](O)[C@H](O[C@H]1OC(COS(=O)(=O)O)[C@@H](O)C(O)[C@@H]1O)[C@H](O)COS(=O)(=O)O. The summed E-state index contributed by atoms with van der Waals surface area (Å²) in [6, 6.07) is 0. The lowest BCUT2D eigenvalue weighted by Crippen LogP contribution is -2.62. The Morgan fingerprint density at radius 1 is 0.700 bits per heavy atom. The molecule has 1 saturated heterocycles. The van der Waals surface area contributed by atoms with Gasteiger partial charge in [-0.2, -0.15) is 16.8 Å². The van der Waals surface area contributed by atoms with Crippen molar-refractivity contribution < 1.29 is 79.2 Å². The molecule has 50 heavy (non-hydrogen) atoms. The summed E-state index contributed by atoms with van der Waals surface area (Å²) in [6.45, 7) is -0.0469. The third-order valence-corrected chi connectivity index (χ3v) is 9.23. The summed E-state index contributed by atoms with van der Waals surface area (Å²) in [7, 11) is -10.2. The summed E-state index contributed by atoms with van der Waals surface area (Å²) in [4.78, 5) is 12.6. The molecule has 0 radical (unpaired) electrons. The Hall–Kier alpha value is -1.11. The average Bonchev–Trinajstić information content (AvgIpc) is 3.05. The molecule has 0 spiro atoms. The van der Waals surface area contributed by atoms with Crippen molar-refractivity contribution >= 4 is 26.7 Å². The lowest BCUT2D eigenvalue weighted by molar-refractivity contribution is -0.325. The van der Waals surface area contributed by atoms with E-state index in [1.807, 2.05) is 0 Å². The van der Waals surface area contributed by atoms with E-state index in [1.165, 1.54) is 70.6 Å². The predicted octanol–water partition coefficient (Wildman–Crippen LogP) is 0.278. The van der Waals surface area contributed by atoms with Gasteiger partial charge in [-0.25, -0.2) is 8.37 Å². The maximum atomic E-state index is 12.6. The number of nitrogens with one attached hydrogen (secondary N) is 1. The van der Waals surface area contributed by atoms with E-state index in [1.54, 1.807) is 0 Å². The van der Waals surface area contributed by atoms with E-state index in [2.05, 4.69) is 20.6 Å². The van der Waals surface area contributed by atoms with E-state index in [0.29, 0.717) is 6.42 Å². The minimum Gasteiger partial charge on any atom is -0.388 e. The van der Waals surface area contributed by atoms with Gasteiger partial charge >= 0.3 is 20.8 Å². The van der Waals surface area contributed by atoms with Crippen LogP contribution in [0.1, 0.15) is 110 Å². The first-order chi connectivity index (χ1) is 23.5. The van der Waals surface area contributed by atoms with Gasteiger partial charge in [0.15, 0.2) is 12.4 Å². The second kappa shape index (κ2) is 25.0. The van der Waals surface area contributed by atoms with E-state index >= 15 is 0 Å². The van der Waals surface area contributed by atoms with Crippen LogP contribution in [0, 0.1) is 0 Å². The zero-order chi connectivity index (χ0) is 37.7. The second-order valence-corrected chi connectivity index (χ2v) is 14.8. The summed E-state index contributed by atoms with van der Waals surface area (Å²) in [5, 5.41) is 64.8. The number of aliphatic hydroxyl groups is 6. The minimum atomic E-state index is -5.13. The third kappa shape index (κ3) is 20.2. The summed E-state index contributed by atoms with van der Waals surface area (Å²) in [6.07, 6.45) is -0.779. The van der Waals surface area contributed by atoms with Crippen molar-refractivity contribution in [2.24, 2.45) is 0 Å². The molecule has 0 aliphatic carbocycles. The number of carbonyl (C=O) groups excluding carboxylic acids is 1. The van der Waals surface area contributed by atoms with Gasteiger partial charge in [0.2, 0.25) is 0 Å². The number of ether oxygens (including phenoxy) is 2. The highest BCUT2D eigenvalue weighted by molar-refractivity contribution is 7.81. The Bertz CT molecular complexity index is 1130. The molecular formula is C30H59NO17S2. The highest BCUT2D eigenvalue weighted by Crippen LogP contribution is 2.26. The Labute approximate surface area is 295 Å². The van der Waals surface area contributed by atoms with Gasteiger partial charge < -0.3 is 45.4 Å². The largest absolute Gasteiger partial charge is 0.397 e. The van der Waals surface area contributed by atoms with Crippen molar-refractivity contribution in [2.75, 3.05) is 19.8 Å². The van der Waals surface area contributed by atoms with Crippen LogP contribution in [0.4, 0.5) is 0 Å². The molecule has 0 bridgehead atoms. The van der Waals surface area contributed by atoms with E-state index < -0.39 is 95.0 Å². The van der Waals surface area contributed by atoms with Gasteiger partial charge in [0.25, 0.3) is 5.91 Å². The molecule has 0 aromatic rings. The first-order valence-corrected chi connectivity index (χ1v) is 20.1. The molecule has 1 aliphatic heterocycles. The summed E-state index contributed by atoms with van der Waals surface area (Å²) in [5.41, 5.74) is 0. The van der Waals surface area contributed by atoms with Crippen LogP contribution < -0.4 is 5.32 Å². The first-order valence-electron chi connectivity index (χ1n) is 17.4. The fraction of sp³-hybridized carbons (Fsp3) is 0.967. The summed E-state index contributed by atoms with van der Waals surface area (Å²) >= 11 is 0. The summed E-state index contributed by atoms with van der Waals surface area (Å²) in [5.74, 6) is -1.10. The average molecular weight is 770 g/mol. The fourth-order valence-corrected chi connectivity index (χ4v) is 6.07. The molecule has 0 aromatic heterocycles. The van der Waals surface area contributed by atoms with Crippen LogP contribution in [-0.4, -0.2) is 137 Å². The van der Waals surface area contributed by atoms with Gasteiger partial charge in [0, 0.05) is 6.54 Å². The number of rotatable bonds is 29. The molecule has 1 aliphatic rings. The molecular weight excluding hydrogens is 710 g/mol. The van der Waals surface area contributed by atoms with E-state index in [-0.39, 0.29) is 6.54 Å². The van der Waals surface area contributed by atoms with Gasteiger partial charge in [-0.05, 0) is 6.42 Å². The molecule has 0 aromatic carbocycles. The van der Waals surface area contributed by atoms with Crippen LogP contribution in [0.3, 0.4) is 0 Å². The monoisotopic (exact) mass is 769 g/mol. The van der Waals surface area contributed by atoms with Crippen LogP contribution in [-0.2, 0) is 43.4 Å². The van der Waals surface area contributed by atoms with E-state index in [4.69, 9.17) is 18.6 Å². The Morgan fingerprint density at radius 2 is 1.16 bits per heavy atom. The molecule has 1 heterocycles. The van der Waals surface area contributed by atoms with Crippen molar-refractivity contribution in [3.05, 3.63) is 0 Å². The molecule has 1 amide bonds. The standard InChI is InChI=1S/C30H59NO17S2/c1-2-3-4-5-6-7-8-9-10-11-12-13-14-15-16-17-18-31-29(38)26(36)25(35)28(21(32)19-45-49(39,40)41)48-30-27(37)24(34)23(33)22(47-30)20-46-50(42,43)44/h21-28,30,32-37H,2-20H2,1H3,(H,31,38)(H,39,40,41)(H,42,43,44)/t21-,22?,23-,24?,25-,26-,27+,28-,30-/m1/s1. The van der Waals surface area contributed by atoms with Gasteiger partial charge in [-0.3, -0.25) is 13.9 Å². The normalized spacial score (nSPS) is 24.1. The van der Waals surface area contributed by atoms with Crippen LogP contribution in [0.15, 0.2) is 0 Å². The van der Waals surface area contributed by atoms with E-state index in [9.17, 15) is 52.3 Å². The van der Waals surface area contributed by atoms with Crippen LogP contribution in [0.2, 0.25) is 0 Å². The fourth-order valence-electron chi connectivity index (χ4n) is 5.45. The second-order valence-electron chi connectivity index (χ2n) is 12.6. The Morgan fingerprint density at radius 3 is 1.62 bits per heavy atom. The molecule has 2 unspecified atom stereocenters. The Balaban J connectivity index is 2.56. The highest BCUT2D eigenvalue weighted by Gasteiger charge is 2.48. The number of unbranched alkanes of at least 4 members (excludes halogenated alkanes) is 15. The van der Waals surface area contributed by atoms with Crippen molar-refractivity contribution in [1.82, 2.24) is 5.32 Å². The predicted molar refractivity (Wildman–Crippen MR) is 177 cm³/mol. The van der Waals surface area contributed by atoms with Crippen LogP contribution in [0.25, 0.3) is 0 Å². The number of aliphatic hydroxyl groups excluding tert-OH is 6. The van der Waals surface area contributed by atoms with Crippen molar-refractivity contribution in [3.63, 3.8) is 0 Å². The van der Waals surface area contributed by atoms with Gasteiger partial charge in [-0.1, -0.05) is 103 Å². The van der Waals surface area contributed by atoms with Crippen molar-refractivity contribution in [3.8, 4) is 0 Å². The molecule has 9 N–H and O–H groups in total. The van der Waals surface area contributed by atoms with Crippen molar-refractivity contribution in [1.29, 1.82) is 0 Å². The molecule has 1 rings (SSSR count). The third-order valence-electron chi connectivity index (χ3n) is 8.37. The van der Waals surface area contributed by atoms with Gasteiger partial charge in [-0.15, -0.1) is 0 Å². The smallest absolute Gasteiger partial charge is 0.388 e. The highest BCUT2D eigenvalue weighted by atomic mass is 32.3. The number of carbonyl (C=O) groups is 1. The van der Waals surface area contributed by atoms with Crippen molar-refractivity contribution in [2.45, 2.75) is 165 Å². The molecule has 298 valence electrons. The molecule has 1 fully saturated rings. The van der Waals surface area contributed by atoms with Gasteiger partial charge in [0.1, 0.15) is 42.7 Å². The van der Waals surface area contributed by atoms with Crippen LogP contribution >= 0.6 is 0 Å². The first kappa shape index (κ1) is 46.9. The maximum Gasteiger partial charge on any atom is 0.397 e. The molecule has 18 nitrogen and oxygen atoms in total. The number of hydrogen-bond donors (Lipinski definition) is 9. The van der Waals surface area contributed by atoms with Gasteiger partial charge in [0.05, 0.1) is 13.2 Å². The number of amides is 1.